The zero-order valence-electron chi connectivity index (χ0n) is 16.8. The smallest absolute Gasteiger partial charge is 0.251 e. The van der Waals surface area contributed by atoms with Crippen molar-refractivity contribution in [2.45, 2.75) is 11.7 Å². The molecule has 4 rings (SSSR count). The van der Waals surface area contributed by atoms with Crippen LogP contribution < -0.4 is 10.6 Å². The molecule has 0 aliphatic carbocycles. The van der Waals surface area contributed by atoms with Crippen molar-refractivity contribution < 1.29 is 14.0 Å². The minimum atomic E-state index is -0.190. The molecule has 0 bridgehead atoms. The number of carbonyl (C=O) groups is 2. The van der Waals surface area contributed by atoms with Gasteiger partial charge in [0, 0.05) is 23.6 Å². The van der Waals surface area contributed by atoms with Crippen LogP contribution in [0.2, 0.25) is 5.02 Å². The zero-order chi connectivity index (χ0) is 22.3. The maximum absolute atomic E-state index is 12.3. The molecule has 0 fully saturated rings. The summed E-state index contributed by atoms with van der Waals surface area (Å²) in [5, 5.41) is 6.76. The average molecular weight is 467 g/mol. The number of furan rings is 1. The number of rotatable bonds is 8. The van der Waals surface area contributed by atoms with E-state index in [0.29, 0.717) is 33.7 Å². The Morgan fingerprint density at radius 2 is 1.88 bits per heavy atom. The van der Waals surface area contributed by atoms with Gasteiger partial charge in [0.2, 0.25) is 5.91 Å². The summed E-state index contributed by atoms with van der Waals surface area (Å²) in [5.74, 6) is 0.495. The van der Waals surface area contributed by atoms with Crippen LogP contribution in [0, 0.1) is 0 Å². The van der Waals surface area contributed by atoms with Crippen molar-refractivity contribution in [3.8, 4) is 5.69 Å². The third-order valence-electron chi connectivity index (χ3n) is 4.50. The van der Waals surface area contributed by atoms with Crippen molar-refractivity contribution in [2.75, 3.05) is 11.1 Å². The summed E-state index contributed by atoms with van der Waals surface area (Å²) in [6.07, 6.45) is 5.04. The molecule has 0 aliphatic rings. The molecule has 0 spiro atoms. The minimum absolute atomic E-state index is 0.176. The second-order valence-electron chi connectivity index (χ2n) is 6.71. The number of carbonyl (C=O) groups excluding carboxylic acids is 2. The number of nitrogens with zero attached hydrogens (tertiary/aromatic N) is 2. The van der Waals surface area contributed by atoms with Gasteiger partial charge < -0.3 is 15.1 Å². The van der Waals surface area contributed by atoms with Gasteiger partial charge >= 0.3 is 0 Å². The first-order valence-corrected chi connectivity index (χ1v) is 11.1. The molecular weight excluding hydrogens is 448 g/mol. The van der Waals surface area contributed by atoms with Gasteiger partial charge in [-0.15, -0.1) is 0 Å². The molecule has 0 saturated carbocycles. The van der Waals surface area contributed by atoms with E-state index in [1.165, 1.54) is 11.8 Å². The SMILES string of the molecule is O=C(CSc1nccn1-c1ccc(C(=O)NCc2ccco2)cc1)Nc1ccccc1Cl. The second-order valence-corrected chi connectivity index (χ2v) is 8.06. The van der Waals surface area contributed by atoms with E-state index in [1.54, 1.807) is 61.1 Å². The summed E-state index contributed by atoms with van der Waals surface area (Å²) in [4.78, 5) is 29.0. The predicted molar refractivity (Wildman–Crippen MR) is 124 cm³/mol. The molecule has 32 heavy (non-hydrogen) atoms. The first kappa shape index (κ1) is 21.7. The van der Waals surface area contributed by atoms with Crippen LogP contribution in [0.5, 0.6) is 0 Å². The van der Waals surface area contributed by atoms with Gasteiger partial charge in [-0.3, -0.25) is 14.2 Å². The Labute approximate surface area is 193 Å². The fourth-order valence-corrected chi connectivity index (χ4v) is 3.88. The van der Waals surface area contributed by atoms with Gasteiger partial charge in [-0.25, -0.2) is 4.98 Å². The molecule has 2 aromatic carbocycles. The van der Waals surface area contributed by atoms with Crippen LogP contribution in [0.3, 0.4) is 0 Å². The number of hydrogen-bond acceptors (Lipinski definition) is 5. The number of imidazole rings is 1. The molecule has 9 heteroatoms. The molecule has 4 aromatic rings. The number of amides is 2. The molecule has 7 nitrogen and oxygen atoms in total. The molecule has 162 valence electrons. The summed E-state index contributed by atoms with van der Waals surface area (Å²) in [6.45, 7) is 0.326. The molecule has 2 amide bonds. The number of aromatic nitrogens is 2. The molecule has 0 unspecified atom stereocenters. The normalized spacial score (nSPS) is 10.7. The Morgan fingerprint density at radius 1 is 1.06 bits per heavy atom. The fraction of sp³-hybridized carbons (Fsp3) is 0.0870. The maximum Gasteiger partial charge on any atom is 0.251 e. The molecule has 0 saturated heterocycles. The van der Waals surface area contributed by atoms with Crippen molar-refractivity contribution in [3.63, 3.8) is 0 Å². The molecule has 0 atom stereocenters. The van der Waals surface area contributed by atoms with E-state index in [-0.39, 0.29) is 17.6 Å². The maximum atomic E-state index is 12.3. The first-order chi connectivity index (χ1) is 15.6. The predicted octanol–water partition coefficient (Wildman–Crippen LogP) is 4.78. The monoisotopic (exact) mass is 466 g/mol. The summed E-state index contributed by atoms with van der Waals surface area (Å²) in [6, 6.07) is 17.8. The number of thioether (sulfide) groups is 1. The van der Waals surface area contributed by atoms with Crippen molar-refractivity contribution in [1.82, 2.24) is 14.9 Å². The summed E-state index contributed by atoms with van der Waals surface area (Å²) < 4.78 is 7.08. The number of anilines is 1. The van der Waals surface area contributed by atoms with E-state index in [0.717, 1.165) is 5.69 Å². The molecule has 2 N–H and O–H groups in total. The number of benzene rings is 2. The van der Waals surface area contributed by atoms with Gasteiger partial charge in [-0.1, -0.05) is 35.5 Å². The van der Waals surface area contributed by atoms with E-state index in [2.05, 4.69) is 15.6 Å². The van der Waals surface area contributed by atoms with Crippen molar-refractivity contribution in [2.24, 2.45) is 0 Å². The van der Waals surface area contributed by atoms with Gasteiger partial charge in [-0.05, 0) is 48.5 Å². The van der Waals surface area contributed by atoms with Crippen LogP contribution in [0.1, 0.15) is 16.1 Å². The second kappa shape index (κ2) is 10.2. The third-order valence-corrected chi connectivity index (χ3v) is 5.79. The van der Waals surface area contributed by atoms with E-state index in [1.807, 2.05) is 22.8 Å². The van der Waals surface area contributed by atoms with Crippen LogP contribution in [0.4, 0.5) is 5.69 Å². The third kappa shape index (κ3) is 5.40. The summed E-state index contributed by atoms with van der Waals surface area (Å²) in [7, 11) is 0. The lowest BCUT2D eigenvalue weighted by Crippen LogP contribution is -2.22. The van der Waals surface area contributed by atoms with Gasteiger partial charge in [0.1, 0.15) is 5.76 Å². The minimum Gasteiger partial charge on any atom is -0.467 e. The Kier molecular flexibility index (Phi) is 6.94. The highest BCUT2D eigenvalue weighted by molar-refractivity contribution is 7.99. The van der Waals surface area contributed by atoms with Crippen molar-refractivity contribution >= 4 is 40.9 Å². The van der Waals surface area contributed by atoms with Crippen molar-refractivity contribution in [1.29, 1.82) is 0 Å². The van der Waals surface area contributed by atoms with Gasteiger partial charge in [-0.2, -0.15) is 0 Å². The van der Waals surface area contributed by atoms with E-state index in [9.17, 15) is 9.59 Å². The number of halogens is 1. The molecule has 0 radical (unpaired) electrons. The highest BCUT2D eigenvalue weighted by atomic mass is 35.5. The van der Waals surface area contributed by atoms with Crippen molar-refractivity contribution in [3.05, 3.63) is 95.7 Å². The van der Waals surface area contributed by atoms with Gasteiger partial charge in [0.05, 0.1) is 29.3 Å². The van der Waals surface area contributed by atoms with Crippen LogP contribution in [0.25, 0.3) is 5.69 Å². The molecule has 2 aromatic heterocycles. The van der Waals surface area contributed by atoms with Crippen LogP contribution in [0.15, 0.2) is 88.9 Å². The Bertz CT molecular complexity index is 1210. The lowest BCUT2D eigenvalue weighted by molar-refractivity contribution is -0.113. The average Bonchev–Trinajstić information content (AvgIpc) is 3.50. The largest absolute Gasteiger partial charge is 0.467 e. The topological polar surface area (TPSA) is 89.2 Å². The Hall–Kier alpha value is -3.49. The van der Waals surface area contributed by atoms with Gasteiger partial charge in [0.15, 0.2) is 5.16 Å². The first-order valence-electron chi connectivity index (χ1n) is 9.72. The van der Waals surface area contributed by atoms with Crippen LogP contribution in [-0.4, -0.2) is 27.1 Å². The lowest BCUT2D eigenvalue weighted by atomic mass is 10.2. The van der Waals surface area contributed by atoms with E-state index >= 15 is 0 Å². The fourth-order valence-electron chi connectivity index (χ4n) is 2.93. The highest BCUT2D eigenvalue weighted by Gasteiger charge is 2.12. The zero-order valence-corrected chi connectivity index (χ0v) is 18.4. The number of nitrogens with one attached hydrogen (secondary N) is 2. The lowest BCUT2D eigenvalue weighted by Gasteiger charge is -2.10. The number of para-hydroxylation sites is 1. The quantitative estimate of drug-likeness (QED) is 0.365. The number of hydrogen-bond donors (Lipinski definition) is 2. The molecule has 2 heterocycles. The van der Waals surface area contributed by atoms with Gasteiger partial charge in [0.25, 0.3) is 5.91 Å². The van der Waals surface area contributed by atoms with Crippen LogP contribution >= 0.6 is 23.4 Å². The van der Waals surface area contributed by atoms with E-state index < -0.39 is 0 Å². The Morgan fingerprint density at radius 3 is 2.62 bits per heavy atom. The molecule has 0 aliphatic heterocycles. The highest BCUT2D eigenvalue weighted by Crippen LogP contribution is 2.23. The van der Waals surface area contributed by atoms with E-state index in [4.69, 9.17) is 16.0 Å². The standard InChI is InChI=1S/C23H19ClN4O3S/c24-19-5-1-2-6-20(19)27-21(29)15-32-23-25-11-12-28(23)17-9-7-16(8-10-17)22(30)26-14-18-4-3-13-31-18/h1-13H,14-15H2,(H,26,30)(H,27,29). The van der Waals surface area contributed by atoms with Crippen LogP contribution in [-0.2, 0) is 11.3 Å². The summed E-state index contributed by atoms with van der Waals surface area (Å²) >= 11 is 7.39. The summed E-state index contributed by atoms with van der Waals surface area (Å²) in [5.41, 5.74) is 1.94. The molecular formula is C23H19ClN4O3S. The Balaban J connectivity index is 1.36.